The van der Waals surface area contributed by atoms with Gasteiger partial charge >= 0.3 is 6.03 Å². The smallest absolute Gasteiger partial charge is 0.323 e. The molecular formula is C24H17ClN4OS2. The summed E-state index contributed by atoms with van der Waals surface area (Å²) in [6.07, 6.45) is 1.84. The minimum atomic E-state index is -0.338. The lowest BCUT2D eigenvalue weighted by Gasteiger charge is -2.09. The van der Waals surface area contributed by atoms with Crippen LogP contribution in [0.15, 0.2) is 76.9 Å². The normalized spacial score (nSPS) is 10.9. The Labute approximate surface area is 197 Å². The average molecular weight is 477 g/mol. The molecule has 3 aromatic heterocycles. The van der Waals surface area contributed by atoms with Crippen LogP contribution in [-0.2, 0) is 0 Å². The van der Waals surface area contributed by atoms with Crippen LogP contribution in [0.1, 0.15) is 0 Å². The molecule has 5 rings (SSSR count). The number of anilines is 3. The molecule has 8 heteroatoms. The Morgan fingerprint density at radius 1 is 0.938 bits per heavy atom. The molecule has 5 aromatic rings. The third kappa shape index (κ3) is 4.05. The first-order valence-electron chi connectivity index (χ1n) is 9.71. The molecule has 0 saturated heterocycles. The van der Waals surface area contributed by atoms with Crippen molar-refractivity contribution < 1.29 is 4.79 Å². The second-order valence-corrected chi connectivity index (χ2v) is 9.19. The Bertz CT molecular complexity index is 1410. The van der Waals surface area contributed by atoms with Crippen molar-refractivity contribution in [3.63, 3.8) is 0 Å². The van der Waals surface area contributed by atoms with E-state index in [0.717, 1.165) is 32.3 Å². The number of hydrogen-bond acceptors (Lipinski definition) is 5. The summed E-state index contributed by atoms with van der Waals surface area (Å²) in [6.45, 7) is 0. The topological polar surface area (TPSA) is 80.0 Å². The number of nitrogen functional groups attached to an aromatic ring is 1. The lowest BCUT2D eigenvalue weighted by atomic mass is 10.0. The zero-order chi connectivity index (χ0) is 22.1. The third-order valence-corrected chi connectivity index (χ3v) is 6.92. The predicted octanol–water partition coefficient (Wildman–Crippen LogP) is 7.57. The molecular weight excluding hydrogens is 460 g/mol. The molecule has 32 heavy (non-hydrogen) atoms. The van der Waals surface area contributed by atoms with Gasteiger partial charge in [-0.3, -0.25) is 0 Å². The fourth-order valence-corrected chi connectivity index (χ4v) is 5.46. The molecule has 0 radical (unpaired) electrons. The zero-order valence-corrected chi connectivity index (χ0v) is 19.0. The summed E-state index contributed by atoms with van der Waals surface area (Å²) in [5.41, 5.74) is 11.8. The zero-order valence-electron chi connectivity index (χ0n) is 16.6. The van der Waals surface area contributed by atoms with Gasteiger partial charge in [-0.15, -0.1) is 11.3 Å². The molecule has 0 saturated carbocycles. The molecule has 0 aliphatic heterocycles. The van der Waals surface area contributed by atoms with Gasteiger partial charge in [-0.25, -0.2) is 9.78 Å². The Morgan fingerprint density at radius 2 is 1.75 bits per heavy atom. The van der Waals surface area contributed by atoms with Gasteiger partial charge in [0.15, 0.2) is 0 Å². The molecule has 0 bridgehead atoms. The molecule has 0 spiro atoms. The van der Waals surface area contributed by atoms with Crippen molar-refractivity contribution >= 4 is 67.6 Å². The second-order valence-electron chi connectivity index (χ2n) is 7.09. The van der Waals surface area contributed by atoms with Gasteiger partial charge in [-0.2, -0.15) is 11.3 Å². The van der Waals surface area contributed by atoms with Gasteiger partial charge in [0, 0.05) is 43.8 Å². The number of benzene rings is 2. The summed E-state index contributed by atoms with van der Waals surface area (Å²) in [5, 5.41) is 13.4. The van der Waals surface area contributed by atoms with Gasteiger partial charge < -0.3 is 16.4 Å². The molecule has 2 amide bonds. The molecule has 158 valence electrons. The van der Waals surface area contributed by atoms with E-state index in [9.17, 15) is 4.79 Å². The molecule has 4 N–H and O–H groups in total. The maximum atomic E-state index is 12.3. The van der Waals surface area contributed by atoms with Crippen LogP contribution in [0.5, 0.6) is 0 Å². The third-order valence-electron chi connectivity index (χ3n) is 4.99. The van der Waals surface area contributed by atoms with Crippen LogP contribution in [0, 0.1) is 0 Å². The van der Waals surface area contributed by atoms with Gasteiger partial charge in [0.25, 0.3) is 0 Å². The molecule has 5 nitrogen and oxygen atoms in total. The summed E-state index contributed by atoms with van der Waals surface area (Å²) < 4.78 is 1.12. The number of urea groups is 1. The number of carbonyl (C=O) groups excluding carboxylic acids is 1. The fraction of sp³-hybridized carbons (Fsp3) is 0. The monoisotopic (exact) mass is 476 g/mol. The highest BCUT2D eigenvalue weighted by Gasteiger charge is 2.15. The van der Waals surface area contributed by atoms with E-state index in [1.807, 2.05) is 30.5 Å². The van der Waals surface area contributed by atoms with Crippen LogP contribution >= 0.6 is 34.3 Å². The number of nitrogens with two attached hydrogens (primary N) is 1. The summed E-state index contributed by atoms with van der Waals surface area (Å²) in [7, 11) is 0. The van der Waals surface area contributed by atoms with Crippen LogP contribution in [0.25, 0.3) is 32.3 Å². The van der Waals surface area contributed by atoms with E-state index in [4.69, 9.17) is 17.3 Å². The highest BCUT2D eigenvalue weighted by molar-refractivity contribution is 7.18. The number of halogens is 1. The number of hydrogen-bond donors (Lipinski definition) is 3. The quantitative estimate of drug-likeness (QED) is 0.250. The summed E-state index contributed by atoms with van der Waals surface area (Å²) in [6, 6.07) is 16.4. The first-order chi connectivity index (χ1) is 15.6. The van der Waals surface area contributed by atoms with Crippen LogP contribution < -0.4 is 16.4 Å². The highest BCUT2D eigenvalue weighted by Crippen LogP contribution is 2.42. The van der Waals surface area contributed by atoms with Crippen LogP contribution in [-0.4, -0.2) is 11.0 Å². The van der Waals surface area contributed by atoms with E-state index in [-0.39, 0.29) is 6.03 Å². The number of pyridine rings is 1. The lowest BCUT2D eigenvalue weighted by Crippen LogP contribution is -2.19. The van der Waals surface area contributed by atoms with Crippen molar-refractivity contribution in [2.24, 2.45) is 0 Å². The van der Waals surface area contributed by atoms with Gasteiger partial charge in [0.05, 0.1) is 0 Å². The van der Waals surface area contributed by atoms with Crippen molar-refractivity contribution in [3.8, 4) is 22.3 Å². The largest absolute Gasteiger partial charge is 0.383 e. The van der Waals surface area contributed by atoms with E-state index in [1.54, 1.807) is 46.9 Å². The van der Waals surface area contributed by atoms with Crippen molar-refractivity contribution in [1.29, 1.82) is 0 Å². The lowest BCUT2D eigenvalue weighted by molar-refractivity contribution is 0.262. The molecule has 0 fully saturated rings. The molecule has 0 aliphatic rings. The van der Waals surface area contributed by atoms with Crippen LogP contribution in [0.4, 0.5) is 22.0 Å². The number of aromatic nitrogens is 1. The number of fused-ring (bicyclic) bond motifs is 1. The second kappa shape index (κ2) is 8.63. The minimum Gasteiger partial charge on any atom is -0.383 e. The number of nitrogens with zero attached hydrogens (tertiary/aromatic N) is 1. The molecule has 0 aliphatic carbocycles. The average Bonchev–Trinajstić information content (AvgIpc) is 3.45. The van der Waals surface area contributed by atoms with Gasteiger partial charge in [0.2, 0.25) is 0 Å². The van der Waals surface area contributed by atoms with Crippen molar-refractivity contribution in [2.75, 3.05) is 16.4 Å². The predicted molar refractivity (Wildman–Crippen MR) is 137 cm³/mol. The number of thiophene rings is 2. The highest BCUT2D eigenvalue weighted by atomic mass is 35.5. The number of amides is 2. The molecule has 2 aromatic carbocycles. The summed E-state index contributed by atoms with van der Waals surface area (Å²) in [4.78, 5) is 16.7. The number of rotatable bonds is 4. The van der Waals surface area contributed by atoms with E-state index in [0.29, 0.717) is 22.2 Å². The Kier molecular flexibility index (Phi) is 5.53. The van der Waals surface area contributed by atoms with Crippen molar-refractivity contribution in [2.45, 2.75) is 0 Å². The van der Waals surface area contributed by atoms with Gasteiger partial charge in [0.1, 0.15) is 5.82 Å². The maximum absolute atomic E-state index is 12.3. The molecule has 0 unspecified atom stereocenters. The molecule has 3 heterocycles. The van der Waals surface area contributed by atoms with Crippen LogP contribution in [0.3, 0.4) is 0 Å². The Balaban J connectivity index is 1.39. The summed E-state index contributed by atoms with van der Waals surface area (Å²) in [5.74, 6) is 0.512. The maximum Gasteiger partial charge on any atom is 0.323 e. The Hall–Kier alpha value is -3.39. The van der Waals surface area contributed by atoms with Crippen molar-refractivity contribution in [1.82, 2.24) is 4.98 Å². The number of carbonyl (C=O) groups is 1. The SMILES string of the molecule is Nc1ncc(-c2ccsc2)c2scc(-c3ccc(NC(=O)Nc4cccc(Cl)c4)cc3)c12. The van der Waals surface area contributed by atoms with E-state index >= 15 is 0 Å². The van der Waals surface area contributed by atoms with E-state index in [2.05, 4.69) is 37.8 Å². The fourth-order valence-electron chi connectivity index (χ4n) is 3.50. The van der Waals surface area contributed by atoms with Gasteiger partial charge in [-0.1, -0.05) is 29.8 Å². The summed E-state index contributed by atoms with van der Waals surface area (Å²) >= 11 is 9.28. The Morgan fingerprint density at radius 3 is 2.50 bits per heavy atom. The van der Waals surface area contributed by atoms with Gasteiger partial charge in [-0.05, 0) is 63.7 Å². The molecule has 0 atom stereocenters. The van der Waals surface area contributed by atoms with E-state index in [1.165, 1.54) is 0 Å². The first-order valence-corrected chi connectivity index (χ1v) is 11.9. The van der Waals surface area contributed by atoms with Crippen LogP contribution in [0.2, 0.25) is 5.02 Å². The number of nitrogens with one attached hydrogen (secondary N) is 2. The standard InChI is InChI=1S/C24H17ClN4OS2/c25-16-2-1-3-18(10-16)29-24(30)28-17-6-4-14(5-7-17)20-13-32-22-19(15-8-9-31-12-15)11-27-23(26)21(20)22/h1-13H,(H2,26,27)(H2,28,29,30). The first kappa shape index (κ1) is 20.5. The minimum absolute atomic E-state index is 0.338. The van der Waals surface area contributed by atoms with E-state index < -0.39 is 0 Å². The van der Waals surface area contributed by atoms with Crippen molar-refractivity contribution in [3.05, 3.63) is 82.0 Å².